The number of amides is 1. The summed E-state index contributed by atoms with van der Waals surface area (Å²) in [7, 11) is 0. The first kappa shape index (κ1) is 22.4. The van der Waals surface area contributed by atoms with Gasteiger partial charge in [-0.2, -0.15) is 5.26 Å². The Kier molecular flexibility index (Phi) is 5.71. The molecule has 0 radical (unpaired) electrons. The minimum absolute atomic E-state index is 0.112. The fourth-order valence-corrected chi connectivity index (χ4v) is 4.80. The molecule has 2 fully saturated rings. The van der Waals surface area contributed by atoms with Gasteiger partial charge in [-0.25, -0.2) is 4.98 Å². The number of hydrogen-bond acceptors (Lipinski definition) is 5. The lowest BCUT2D eigenvalue weighted by Gasteiger charge is -2.34. The lowest BCUT2D eigenvalue weighted by atomic mass is 10.1. The van der Waals surface area contributed by atoms with E-state index in [0.717, 1.165) is 47.6 Å². The number of hydrogen-bond donors (Lipinski definition) is 0. The predicted octanol–water partition coefficient (Wildman–Crippen LogP) is 3.82. The van der Waals surface area contributed by atoms with Gasteiger partial charge in [0.25, 0.3) is 0 Å². The highest BCUT2D eigenvalue weighted by molar-refractivity contribution is 5.79. The third kappa shape index (κ3) is 4.58. The van der Waals surface area contributed by atoms with Gasteiger partial charge in [0, 0.05) is 50.4 Å². The monoisotopic (exact) mass is 477 g/mol. The van der Waals surface area contributed by atoms with Crippen molar-refractivity contribution >= 4 is 5.91 Å². The second-order valence-electron chi connectivity index (χ2n) is 9.82. The molecule has 180 valence electrons. The second kappa shape index (κ2) is 9.18. The number of fused-ring (bicyclic) bond motifs is 2. The molecule has 4 heterocycles. The molecule has 7 rings (SSSR count). The molecule has 6 bridgehead atoms. The van der Waals surface area contributed by atoms with Crippen LogP contribution in [0.25, 0.3) is 0 Å². The molecule has 3 aromatic rings. The topological polar surface area (TPSA) is 74.4 Å². The van der Waals surface area contributed by atoms with E-state index >= 15 is 0 Å². The normalized spacial score (nSPS) is 19.1. The molecule has 36 heavy (non-hydrogen) atoms. The number of aryl methyl sites for hydroxylation is 1. The molecule has 0 N–H and O–H groups in total. The van der Waals surface area contributed by atoms with Crippen molar-refractivity contribution in [2.75, 3.05) is 19.6 Å². The van der Waals surface area contributed by atoms with Gasteiger partial charge in [-0.05, 0) is 61.2 Å². The molecule has 1 saturated carbocycles. The molecule has 4 aliphatic rings. The zero-order chi connectivity index (χ0) is 24.6. The third-order valence-electron chi connectivity index (χ3n) is 7.08. The molecule has 1 saturated heterocycles. The summed E-state index contributed by atoms with van der Waals surface area (Å²) >= 11 is 0. The molecule has 2 aromatic carbocycles. The first-order valence-corrected chi connectivity index (χ1v) is 12.4. The molecular weight excluding hydrogens is 450 g/mol. The van der Waals surface area contributed by atoms with Crippen LogP contribution in [0.2, 0.25) is 0 Å². The Morgan fingerprint density at radius 3 is 2.69 bits per heavy atom. The van der Waals surface area contributed by atoms with E-state index < -0.39 is 0 Å². The zero-order valence-corrected chi connectivity index (χ0v) is 20.3. The Morgan fingerprint density at radius 1 is 1.03 bits per heavy atom. The van der Waals surface area contributed by atoms with Crippen molar-refractivity contribution in [3.63, 3.8) is 0 Å². The summed E-state index contributed by atoms with van der Waals surface area (Å²) in [4.78, 5) is 21.8. The Hall–Kier alpha value is -4.07. The van der Waals surface area contributed by atoms with E-state index in [1.54, 1.807) is 0 Å². The summed E-state index contributed by atoms with van der Waals surface area (Å²) in [6.07, 6.45) is 4.22. The maximum absolute atomic E-state index is 13.1. The predicted molar refractivity (Wildman–Crippen MR) is 134 cm³/mol. The van der Waals surface area contributed by atoms with Gasteiger partial charge in [0.2, 0.25) is 5.91 Å². The molecule has 1 aliphatic carbocycles. The summed E-state index contributed by atoms with van der Waals surface area (Å²) < 4.78 is 8.44. The Balaban J connectivity index is 1.44. The lowest BCUT2D eigenvalue weighted by molar-refractivity contribution is -0.136. The molecule has 7 heteroatoms. The quantitative estimate of drug-likeness (QED) is 0.460. The first-order chi connectivity index (χ1) is 17.6. The molecule has 1 atom stereocenters. The Labute approximate surface area is 210 Å². The number of aromatic nitrogens is 2. The highest BCUT2D eigenvalue weighted by Gasteiger charge is 2.26. The largest absolute Gasteiger partial charge is 0.456 e. The van der Waals surface area contributed by atoms with Crippen molar-refractivity contribution in [3.8, 4) is 29.4 Å². The van der Waals surface area contributed by atoms with Crippen LogP contribution in [0, 0.1) is 36.0 Å². The summed E-state index contributed by atoms with van der Waals surface area (Å²) in [5.74, 6) is 9.35. The lowest BCUT2D eigenvalue weighted by Crippen LogP contribution is -2.49. The molecule has 1 aromatic heterocycles. The van der Waals surface area contributed by atoms with E-state index in [4.69, 9.17) is 4.74 Å². The summed E-state index contributed by atoms with van der Waals surface area (Å²) in [5.41, 5.74) is 4.46. The van der Waals surface area contributed by atoms with Gasteiger partial charge in [-0.1, -0.05) is 17.9 Å². The number of benzene rings is 2. The average molecular weight is 478 g/mol. The number of carbonyl (C=O) groups is 1. The van der Waals surface area contributed by atoms with E-state index in [1.165, 1.54) is 0 Å². The third-order valence-corrected chi connectivity index (χ3v) is 7.08. The van der Waals surface area contributed by atoms with E-state index in [1.807, 2.05) is 54.4 Å². The number of imidazole rings is 1. The van der Waals surface area contributed by atoms with Crippen molar-refractivity contribution in [2.45, 2.75) is 39.4 Å². The Morgan fingerprint density at radius 2 is 1.89 bits per heavy atom. The van der Waals surface area contributed by atoms with Crippen molar-refractivity contribution in [3.05, 3.63) is 76.4 Å². The SMILES string of the molecule is Cc1ncc2n1Cc1ccc(C#N)c(c1)Oc1ccc(C#CC3CC3)c(c1)CN1CCN(CC1=O)C2. The molecule has 1 amide bonds. The number of nitriles is 1. The minimum Gasteiger partial charge on any atom is -0.456 e. The van der Waals surface area contributed by atoms with Gasteiger partial charge in [0.1, 0.15) is 23.4 Å². The number of ether oxygens (including phenoxy) is 1. The van der Waals surface area contributed by atoms with Crippen molar-refractivity contribution < 1.29 is 9.53 Å². The van der Waals surface area contributed by atoms with E-state index in [0.29, 0.717) is 55.7 Å². The zero-order valence-electron chi connectivity index (χ0n) is 20.3. The highest BCUT2D eigenvalue weighted by atomic mass is 16.5. The molecule has 0 spiro atoms. The minimum atomic E-state index is 0.112. The van der Waals surface area contributed by atoms with Gasteiger partial charge in [-0.15, -0.1) is 0 Å². The maximum atomic E-state index is 13.1. The van der Waals surface area contributed by atoms with Crippen LogP contribution < -0.4 is 4.74 Å². The van der Waals surface area contributed by atoms with Crippen LogP contribution in [0.5, 0.6) is 11.5 Å². The molecule has 3 aliphatic heterocycles. The number of piperazine rings is 1. The second-order valence-corrected chi connectivity index (χ2v) is 9.82. The van der Waals surface area contributed by atoms with Gasteiger partial charge in [0.15, 0.2) is 0 Å². The van der Waals surface area contributed by atoms with Crippen LogP contribution in [0.15, 0.2) is 42.6 Å². The number of nitrogens with zero attached hydrogens (tertiary/aromatic N) is 5. The van der Waals surface area contributed by atoms with E-state index in [9.17, 15) is 10.1 Å². The molecular formula is C29H27N5O2. The van der Waals surface area contributed by atoms with Crippen LogP contribution in [0.4, 0.5) is 0 Å². The Bertz CT molecular complexity index is 1450. The van der Waals surface area contributed by atoms with Gasteiger partial charge in [0.05, 0.1) is 17.8 Å². The van der Waals surface area contributed by atoms with Crippen LogP contribution in [0.1, 0.15) is 46.6 Å². The fourth-order valence-electron chi connectivity index (χ4n) is 4.80. The van der Waals surface area contributed by atoms with Crippen LogP contribution in [-0.4, -0.2) is 44.9 Å². The summed E-state index contributed by atoms with van der Waals surface area (Å²) in [5, 5.41) is 9.71. The maximum Gasteiger partial charge on any atom is 0.237 e. The standard InChI is InChI=1S/C29H27N5O2/c1-20-31-15-26-18-32-10-11-33(29(35)19-32)17-25-13-27(9-8-23(25)6-4-21-2-3-21)36-28-12-22(16-34(20)26)5-7-24(28)14-30/h5,7-9,12-13,15,21H,2-3,10-11,16-19H2,1H3. The average Bonchev–Trinajstić information content (AvgIpc) is 3.64. The van der Waals surface area contributed by atoms with Gasteiger partial charge < -0.3 is 14.2 Å². The first-order valence-electron chi connectivity index (χ1n) is 12.4. The summed E-state index contributed by atoms with van der Waals surface area (Å²) in [6, 6.07) is 13.8. The number of carbonyl (C=O) groups excluding carboxylic acids is 1. The summed E-state index contributed by atoms with van der Waals surface area (Å²) in [6.45, 7) is 5.58. The highest BCUT2D eigenvalue weighted by Crippen LogP contribution is 2.31. The van der Waals surface area contributed by atoms with Gasteiger partial charge >= 0.3 is 0 Å². The smallest absolute Gasteiger partial charge is 0.237 e. The molecule has 1 unspecified atom stereocenters. The van der Waals surface area contributed by atoms with Crippen LogP contribution in [0.3, 0.4) is 0 Å². The van der Waals surface area contributed by atoms with Crippen molar-refractivity contribution in [1.82, 2.24) is 19.4 Å². The molecule has 7 nitrogen and oxygen atoms in total. The van der Waals surface area contributed by atoms with Crippen molar-refractivity contribution in [2.24, 2.45) is 5.92 Å². The van der Waals surface area contributed by atoms with E-state index in [2.05, 4.69) is 32.4 Å². The van der Waals surface area contributed by atoms with Crippen LogP contribution in [-0.2, 0) is 24.4 Å². The van der Waals surface area contributed by atoms with E-state index in [-0.39, 0.29) is 5.91 Å². The van der Waals surface area contributed by atoms with Crippen LogP contribution >= 0.6 is 0 Å². The number of rotatable bonds is 0. The van der Waals surface area contributed by atoms with Crippen molar-refractivity contribution in [1.29, 1.82) is 5.26 Å². The fraction of sp³-hybridized carbons (Fsp3) is 0.345. The van der Waals surface area contributed by atoms with Gasteiger partial charge in [-0.3, -0.25) is 9.69 Å².